The molecule has 8 heteroatoms. The topological polar surface area (TPSA) is 86.9 Å². The van der Waals surface area contributed by atoms with E-state index in [1.165, 1.54) is 4.68 Å². The summed E-state index contributed by atoms with van der Waals surface area (Å²) in [6, 6.07) is 9.51. The molecule has 0 bridgehead atoms. The van der Waals surface area contributed by atoms with Gasteiger partial charge in [-0.15, -0.1) is 0 Å². The zero-order valence-electron chi connectivity index (χ0n) is 15.1. The maximum absolute atomic E-state index is 13.0. The molecule has 0 radical (unpaired) electrons. The number of H-pyrrole nitrogens is 1. The summed E-state index contributed by atoms with van der Waals surface area (Å²) in [6.07, 6.45) is 1.72. The zero-order valence-corrected chi connectivity index (χ0v) is 15.1. The molecule has 2 heterocycles. The summed E-state index contributed by atoms with van der Waals surface area (Å²) < 4.78 is 32.2. The van der Waals surface area contributed by atoms with Crippen molar-refractivity contribution in [3.63, 3.8) is 0 Å². The largest absolute Gasteiger partial charge is 0.493 e. The van der Waals surface area contributed by atoms with Crippen LogP contribution in [0.1, 0.15) is 29.7 Å². The summed E-state index contributed by atoms with van der Waals surface area (Å²) in [5.74, 6) is -0.115. The molecule has 0 saturated heterocycles. The summed E-state index contributed by atoms with van der Waals surface area (Å²) in [5, 5.41) is 25.3. The SMILES string of the molecule is Cc1cc(OC(F)F)c(C(C)n2nc3ccc(C#N)cc3c2O)c2cc[nH]c12. The lowest BCUT2D eigenvalue weighted by molar-refractivity contribution is -0.0506. The highest BCUT2D eigenvalue weighted by molar-refractivity contribution is 5.89. The average molecular weight is 382 g/mol. The van der Waals surface area contributed by atoms with Crippen molar-refractivity contribution in [2.75, 3.05) is 0 Å². The molecule has 0 aliphatic rings. The van der Waals surface area contributed by atoms with Gasteiger partial charge in [0.05, 0.1) is 28.6 Å². The first kappa shape index (κ1) is 17.8. The van der Waals surface area contributed by atoms with Gasteiger partial charge in [0.25, 0.3) is 0 Å². The molecule has 2 aromatic carbocycles. The number of nitrogens with zero attached hydrogens (tertiary/aromatic N) is 3. The van der Waals surface area contributed by atoms with Crippen LogP contribution in [0.5, 0.6) is 11.6 Å². The van der Waals surface area contributed by atoms with Crippen LogP contribution in [0.3, 0.4) is 0 Å². The zero-order chi connectivity index (χ0) is 20.0. The van der Waals surface area contributed by atoms with Crippen molar-refractivity contribution in [3.8, 4) is 17.7 Å². The molecular formula is C20H16F2N4O2. The number of aryl methyl sites for hydroxylation is 1. The summed E-state index contributed by atoms with van der Waals surface area (Å²) in [6.45, 7) is 0.561. The van der Waals surface area contributed by atoms with E-state index in [9.17, 15) is 13.9 Å². The van der Waals surface area contributed by atoms with Gasteiger partial charge in [-0.05, 0) is 49.7 Å². The molecule has 4 rings (SSSR count). The third-order valence-electron chi connectivity index (χ3n) is 4.84. The Morgan fingerprint density at radius 2 is 2.04 bits per heavy atom. The molecule has 28 heavy (non-hydrogen) atoms. The van der Waals surface area contributed by atoms with Crippen molar-refractivity contribution in [3.05, 3.63) is 53.2 Å². The first-order chi connectivity index (χ1) is 13.4. The van der Waals surface area contributed by atoms with Crippen LogP contribution in [-0.2, 0) is 0 Å². The molecule has 1 atom stereocenters. The Labute approximate surface area is 158 Å². The van der Waals surface area contributed by atoms with E-state index < -0.39 is 12.7 Å². The van der Waals surface area contributed by atoms with Crippen LogP contribution in [0.4, 0.5) is 8.78 Å². The van der Waals surface area contributed by atoms with E-state index in [1.807, 2.05) is 6.07 Å². The smallest absolute Gasteiger partial charge is 0.387 e. The molecule has 0 saturated carbocycles. The van der Waals surface area contributed by atoms with E-state index in [-0.39, 0.29) is 11.6 Å². The highest BCUT2D eigenvalue weighted by atomic mass is 19.3. The highest BCUT2D eigenvalue weighted by Gasteiger charge is 2.25. The quantitative estimate of drug-likeness (QED) is 0.539. The van der Waals surface area contributed by atoms with Crippen molar-refractivity contribution in [2.24, 2.45) is 0 Å². The number of benzene rings is 2. The highest BCUT2D eigenvalue weighted by Crippen LogP contribution is 2.39. The number of ether oxygens (including phenoxy) is 1. The van der Waals surface area contributed by atoms with Crippen molar-refractivity contribution >= 4 is 21.8 Å². The van der Waals surface area contributed by atoms with Gasteiger partial charge < -0.3 is 14.8 Å². The van der Waals surface area contributed by atoms with Gasteiger partial charge >= 0.3 is 6.61 Å². The van der Waals surface area contributed by atoms with Crippen molar-refractivity contribution in [2.45, 2.75) is 26.5 Å². The maximum atomic E-state index is 13.0. The third kappa shape index (κ3) is 2.72. The van der Waals surface area contributed by atoms with E-state index in [1.54, 1.807) is 50.4 Å². The fourth-order valence-electron chi connectivity index (χ4n) is 3.57. The minimum Gasteiger partial charge on any atom is -0.493 e. The minimum absolute atomic E-state index is 0.0313. The Balaban J connectivity index is 1.94. The van der Waals surface area contributed by atoms with Crippen LogP contribution in [0.25, 0.3) is 21.8 Å². The number of hydrogen-bond donors (Lipinski definition) is 2. The van der Waals surface area contributed by atoms with E-state index in [0.717, 1.165) is 11.1 Å². The molecule has 0 aliphatic carbocycles. The fourth-order valence-corrected chi connectivity index (χ4v) is 3.57. The van der Waals surface area contributed by atoms with Gasteiger partial charge in [0.2, 0.25) is 5.88 Å². The minimum atomic E-state index is -2.98. The van der Waals surface area contributed by atoms with Crippen LogP contribution in [0.15, 0.2) is 36.5 Å². The Morgan fingerprint density at radius 3 is 2.75 bits per heavy atom. The number of fused-ring (bicyclic) bond motifs is 2. The van der Waals surface area contributed by atoms with Crippen LogP contribution in [-0.4, -0.2) is 26.5 Å². The Hall–Kier alpha value is -3.60. The van der Waals surface area contributed by atoms with Gasteiger partial charge in [-0.3, -0.25) is 0 Å². The van der Waals surface area contributed by atoms with Gasteiger partial charge in [-0.1, -0.05) is 0 Å². The van der Waals surface area contributed by atoms with E-state index in [0.29, 0.717) is 27.4 Å². The van der Waals surface area contributed by atoms with Crippen LogP contribution >= 0.6 is 0 Å². The number of rotatable bonds is 4. The lowest BCUT2D eigenvalue weighted by Gasteiger charge is -2.20. The molecule has 142 valence electrons. The van der Waals surface area contributed by atoms with E-state index in [2.05, 4.69) is 10.1 Å². The Kier molecular flexibility index (Phi) is 4.15. The number of nitrogens with one attached hydrogen (secondary N) is 1. The number of hydrogen-bond acceptors (Lipinski definition) is 4. The Morgan fingerprint density at radius 1 is 1.25 bits per heavy atom. The number of aromatic hydroxyl groups is 1. The second-order valence-electron chi connectivity index (χ2n) is 6.54. The van der Waals surface area contributed by atoms with Crippen molar-refractivity contribution in [1.82, 2.24) is 14.8 Å². The second-order valence-corrected chi connectivity index (χ2v) is 6.54. The van der Waals surface area contributed by atoms with Gasteiger partial charge in [0.15, 0.2) is 0 Å². The number of nitriles is 1. The van der Waals surface area contributed by atoms with Crippen LogP contribution in [0, 0.1) is 18.3 Å². The number of aromatic amines is 1. The van der Waals surface area contributed by atoms with Crippen LogP contribution < -0.4 is 4.74 Å². The molecule has 1 unspecified atom stereocenters. The first-order valence-corrected chi connectivity index (χ1v) is 8.57. The maximum Gasteiger partial charge on any atom is 0.387 e. The fraction of sp³-hybridized carbons (Fsp3) is 0.200. The molecule has 6 nitrogen and oxygen atoms in total. The van der Waals surface area contributed by atoms with Crippen LogP contribution in [0.2, 0.25) is 0 Å². The lowest BCUT2D eigenvalue weighted by Crippen LogP contribution is -2.12. The molecule has 4 aromatic rings. The molecular weight excluding hydrogens is 366 g/mol. The van der Waals surface area contributed by atoms with E-state index in [4.69, 9.17) is 10.00 Å². The van der Waals surface area contributed by atoms with Gasteiger partial charge in [0, 0.05) is 22.7 Å². The number of alkyl halides is 2. The van der Waals surface area contributed by atoms with Crippen molar-refractivity contribution in [1.29, 1.82) is 5.26 Å². The average Bonchev–Trinajstić information content (AvgIpc) is 3.26. The summed E-state index contributed by atoms with van der Waals surface area (Å²) in [4.78, 5) is 3.10. The number of aromatic nitrogens is 3. The molecule has 0 fully saturated rings. The monoisotopic (exact) mass is 382 g/mol. The molecule has 2 N–H and O–H groups in total. The summed E-state index contributed by atoms with van der Waals surface area (Å²) in [5.41, 5.74) is 2.93. The molecule has 0 spiro atoms. The number of halogens is 2. The van der Waals surface area contributed by atoms with E-state index >= 15 is 0 Å². The molecule has 0 aliphatic heterocycles. The summed E-state index contributed by atoms with van der Waals surface area (Å²) >= 11 is 0. The Bertz CT molecular complexity index is 1240. The van der Waals surface area contributed by atoms with Gasteiger partial charge in [0.1, 0.15) is 5.75 Å². The molecule has 2 aromatic heterocycles. The summed E-state index contributed by atoms with van der Waals surface area (Å²) in [7, 11) is 0. The lowest BCUT2D eigenvalue weighted by atomic mass is 9.99. The van der Waals surface area contributed by atoms with Crippen molar-refractivity contribution < 1.29 is 18.6 Å². The third-order valence-corrected chi connectivity index (χ3v) is 4.84. The first-order valence-electron chi connectivity index (χ1n) is 8.57. The standard InChI is InChI=1S/C20H16F2N4O2/c1-10-7-16(28-20(21)22)17(13-5-6-24-18(10)13)11(2)26-19(27)14-8-12(9-23)3-4-15(14)25-26/h3-8,11,20,24,27H,1-2H3. The van der Waals surface area contributed by atoms with Gasteiger partial charge in [-0.25, -0.2) is 4.68 Å². The second kappa shape index (κ2) is 6.53. The predicted molar refractivity (Wildman–Crippen MR) is 99.6 cm³/mol. The molecule has 0 amide bonds. The van der Waals surface area contributed by atoms with Gasteiger partial charge in [-0.2, -0.15) is 19.1 Å². The predicted octanol–water partition coefficient (Wildman–Crippen LogP) is 4.61. The normalized spacial score (nSPS) is 12.6.